The Balaban J connectivity index is 2.38. The Bertz CT molecular complexity index is 497. The van der Waals surface area contributed by atoms with Gasteiger partial charge in [0.05, 0.1) is 11.7 Å². The molecule has 2 nitrogen and oxygen atoms in total. The van der Waals surface area contributed by atoms with Gasteiger partial charge in [-0.3, -0.25) is 0 Å². The largest absolute Gasteiger partial charge is 0.322 e. The van der Waals surface area contributed by atoms with E-state index >= 15 is 0 Å². The first-order valence-corrected chi connectivity index (χ1v) is 6.75. The Hall–Kier alpha value is -1.19. The van der Waals surface area contributed by atoms with Crippen LogP contribution in [0.15, 0.2) is 24.3 Å². The van der Waals surface area contributed by atoms with Crippen LogP contribution < -0.4 is 5.73 Å². The predicted octanol–water partition coefficient (Wildman–Crippen LogP) is 3.70. The third-order valence-corrected chi connectivity index (χ3v) is 4.01. The maximum atomic E-state index is 5.87. The highest BCUT2D eigenvalue weighted by atomic mass is 32.1. The first-order valence-electron chi connectivity index (χ1n) is 5.94. The number of nitrogens with two attached hydrogens (primary N) is 1. The molecular formula is C14H18N2S. The summed E-state index contributed by atoms with van der Waals surface area (Å²) < 4.78 is 0. The van der Waals surface area contributed by atoms with Crippen LogP contribution in [-0.4, -0.2) is 4.98 Å². The Morgan fingerprint density at radius 3 is 2.41 bits per heavy atom. The summed E-state index contributed by atoms with van der Waals surface area (Å²) >= 11 is 1.69. The number of nitrogens with zero attached hydrogens (tertiary/aromatic N) is 1. The van der Waals surface area contributed by atoms with E-state index in [1.807, 2.05) is 6.92 Å². The van der Waals surface area contributed by atoms with E-state index in [1.165, 1.54) is 16.0 Å². The molecule has 0 spiro atoms. The van der Waals surface area contributed by atoms with E-state index in [0.717, 1.165) is 17.1 Å². The van der Waals surface area contributed by atoms with E-state index < -0.39 is 0 Å². The number of rotatable bonds is 3. The van der Waals surface area contributed by atoms with Crippen LogP contribution >= 0.6 is 11.3 Å². The van der Waals surface area contributed by atoms with Crippen LogP contribution in [0.25, 0.3) is 11.3 Å². The first-order chi connectivity index (χ1) is 8.11. The first kappa shape index (κ1) is 12.3. The lowest BCUT2D eigenvalue weighted by Gasteiger charge is -2.01. The molecule has 0 saturated carbocycles. The summed E-state index contributed by atoms with van der Waals surface area (Å²) in [6.45, 7) is 6.24. The Kier molecular flexibility index (Phi) is 3.60. The third-order valence-electron chi connectivity index (χ3n) is 2.84. The van der Waals surface area contributed by atoms with Crippen LogP contribution in [0.1, 0.15) is 35.3 Å². The van der Waals surface area contributed by atoms with Crippen molar-refractivity contribution in [1.29, 1.82) is 0 Å². The molecule has 1 aromatic carbocycles. The van der Waals surface area contributed by atoms with Gasteiger partial charge < -0.3 is 5.73 Å². The van der Waals surface area contributed by atoms with Gasteiger partial charge in [-0.2, -0.15) is 0 Å². The van der Waals surface area contributed by atoms with Gasteiger partial charge in [0.1, 0.15) is 5.01 Å². The van der Waals surface area contributed by atoms with Crippen molar-refractivity contribution in [2.24, 2.45) is 5.73 Å². The summed E-state index contributed by atoms with van der Waals surface area (Å²) in [6.07, 6.45) is 1.07. The molecule has 2 rings (SSSR count). The molecule has 1 aromatic heterocycles. The number of benzene rings is 1. The molecular weight excluding hydrogens is 228 g/mol. The Labute approximate surface area is 107 Å². The molecule has 0 fully saturated rings. The molecule has 2 aromatic rings. The minimum absolute atomic E-state index is 0.0161. The minimum atomic E-state index is 0.0161. The number of hydrogen-bond acceptors (Lipinski definition) is 3. The van der Waals surface area contributed by atoms with E-state index in [4.69, 9.17) is 5.73 Å². The number of thiazole rings is 1. The van der Waals surface area contributed by atoms with Gasteiger partial charge in [-0.25, -0.2) is 4.98 Å². The van der Waals surface area contributed by atoms with Gasteiger partial charge in [0, 0.05) is 10.4 Å². The Morgan fingerprint density at radius 2 is 1.94 bits per heavy atom. The van der Waals surface area contributed by atoms with Crippen molar-refractivity contribution in [3.05, 3.63) is 39.7 Å². The fourth-order valence-electron chi connectivity index (χ4n) is 1.78. The van der Waals surface area contributed by atoms with Crippen LogP contribution in [0.2, 0.25) is 0 Å². The molecule has 1 heterocycles. The molecule has 1 unspecified atom stereocenters. The normalized spacial score (nSPS) is 12.7. The standard InChI is InChI=1S/C14H18N2S/c1-4-11-5-7-12(8-6-11)13-10(3)17-14(16-13)9(2)15/h5-9H,4,15H2,1-3H3. The van der Waals surface area contributed by atoms with Crippen molar-refractivity contribution in [2.45, 2.75) is 33.2 Å². The van der Waals surface area contributed by atoms with Crippen LogP contribution in [-0.2, 0) is 6.42 Å². The fraction of sp³-hybridized carbons (Fsp3) is 0.357. The zero-order valence-electron chi connectivity index (χ0n) is 10.5. The molecule has 0 bridgehead atoms. The maximum absolute atomic E-state index is 5.87. The second-order valence-corrected chi connectivity index (χ2v) is 5.53. The topological polar surface area (TPSA) is 38.9 Å². The summed E-state index contributed by atoms with van der Waals surface area (Å²) in [7, 11) is 0. The fourth-order valence-corrected chi connectivity index (χ4v) is 2.67. The molecule has 0 aliphatic rings. The van der Waals surface area contributed by atoms with Crippen molar-refractivity contribution in [3.8, 4) is 11.3 Å². The lowest BCUT2D eigenvalue weighted by molar-refractivity contribution is 0.808. The quantitative estimate of drug-likeness (QED) is 0.896. The highest BCUT2D eigenvalue weighted by Crippen LogP contribution is 2.29. The molecule has 0 radical (unpaired) electrons. The van der Waals surface area contributed by atoms with Gasteiger partial charge in [-0.15, -0.1) is 11.3 Å². The molecule has 0 aliphatic heterocycles. The second-order valence-electron chi connectivity index (χ2n) is 4.30. The van der Waals surface area contributed by atoms with Crippen molar-refractivity contribution >= 4 is 11.3 Å². The van der Waals surface area contributed by atoms with E-state index in [2.05, 4.69) is 43.1 Å². The molecule has 17 heavy (non-hydrogen) atoms. The highest BCUT2D eigenvalue weighted by molar-refractivity contribution is 7.12. The third kappa shape index (κ3) is 2.56. The lowest BCUT2D eigenvalue weighted by atomic mass is 10.1. The van der Waals surface area contributed by atoms with Gasteiger partial charge in [0.15, 0.2) is 0 Å². The summed E-state index contributed by atoms with van der Waals surface area (Å²) in [4.78, 5) is 5.87. The summed E-state index contributed by atoms with van der Waals surface area (Å²) in [6, 6.07) is 8.64. The zero-order chi connectivity index (χ0) is 12.4. The zero-order valence-corrected chi connectivity index (χ0v) is 11.3. The van der Waals surface area contributed by atoms with E-state index in [1.54, 1.807) is 11.3 Å². The minimum Gasteiger partial charge on any atom is -0.322 e. The van der Waals surface area contributed by atoms with E-state index in [-0.39, 0.29) is 6.04 Å². The summed E-state index contributed by atoms with van der Waals surface area (Å²) in [5.41, 5.74) is 9.48. The molecule has 0 aliphatic carbocycles. The lowest BCUT2D eigenvalue weighted by Crippen LogP contribution is -2.03. The Morgan fingerprint density at radius 1 is 1.29 bits per heavy atom. The molecule has 1 atom stereocenters. The van der Waals surface area contributed by atoms with E-state index in [9.17, 15) is 0 Å². The van der Waals surface area contributed by atoms with Gasteiger partial charge in [0.2, 0.25) is 0 Å². The van der Waals surface area contributed by atoms with Crippen molar-refractivity contribution in [1.82, 2.24) is 4.98 Å². The van der Waals surface area contributed by atoms with Crippen LogP contribution in [0.3, 0.4) is 0 Å². The molecule has 3 heteroatoms. The van der Waals surface area contributed by atoms with Crippen molar-refractivity contribution in [3.63, 3.8) is 0 Å². The van der Waals surface area contributed by atoms with Gasteiger partial charge in [0.25, 0.3) is 0 Å². The van der Waals surface area contributed by atoms with Crippen molar-refractivity contribution < 1.29 is 0 Å². The average Bonchev–Trinajstić information content (AvgIpc) is 2.72. The van der Waals surface area contributed by atoms with Gasteiger partial charge >= 0.3 is 0 Å². The maximum Gasteiger partial charge on any atom is 0.110 e. The van der Waals surface area contributed by atoms with Crippen LogP contribution in [0.4, 0.5) is 0 Å². The molecule has 2 N–H and O–H groups in total. The average molecular weight is 246 g/mol. The number of aromatic nitrogens is 1. The summed E-state index contributed by atoms with van der Waals surface area (Å²) in [5.74, 6) is 0. The second kappa shape index (κ2) is 4.98. The molecule has 0 amide bonds. The number of hydrogen-bond donors (Lipinski definition) is 1. The van der Waals surface area contributed by atoms with Gasteiger partial charge in [-0.1, -0.05) is 31.2 Å². The summed E-state index contributed by atoms with van der Waals surface area (Å²) in [5, 5.41) is 1.01. The predicted molar refractivity (Wildman–Crippen MR) is 74.3 cm³/mol. The van der Waals surface area contributed by atoms with Crippen molar-refractivity contribution in [2.75, 3.05) is 0 Å². The highest BCUT2D eigenvalue weighted by Gasteiger charge is 2.11. The smallest absolute Gasteiger partial charge is 0.110 e. The van der Waals surface area contributed by atoms with Gasteiger partial charge in [-0.05, 0) is 25.8 Å². The monoisotopic (exact) mass is 246 g/mol. The number of aryl methyl sites for hydroxylation is 2. The molecule has 90 valence electrons. The van der Waals surface area contributed by atoms with E-state index in [0.29, 0.717) is 0 Å². The molecule has 0 saturated heterocycles. The SMILES string of the molecule is CCc1ccc(-c2nc(C(C)N)sc2C)cc1. The van der Waals surface area contributed by atoms with Crippen LogP contribution in [0, 0.1) is 6.92 Å². The van der Waals surface area contributed by atoms with Crippen LogP contribution in [0.5, 0.6) is 0 Å².